The third kappa shape index (κ3) is 2.63. The molecule has 110 valence electrons. The van der Waals surface area contributed by atoms with E-state index in [0.717, 1.165) is 29.7 Å². The Morgan fingerprint density at radius 2 is 2.29 bits per heavy atom. The van der Waals surface area contributed by atoms with Crippen LogP contribution in [0.5, 0.6) is 5.75 Å². The van der Waals surface area contributed by atoms with Gasteiger partial charge in [0.2, 0.25) is 0 Å². The molecule has 2 aromatic rings. The van der Waals surface area contributed by atoms with Gasteiger partial charge in [-0.2, -0.15) is 4.37 Å². The molecular formula is C15H16N2O3S. The highest BCUT2D eigenvalue weighted by atomic mass is 32.1. The van der Waals surface area contributed by atoms with Crippen LogP contribution in [0.25, 0.3) is 11.3 Å². The van der Waals surface area contributed by atoms with Gasteiger partial charge in [-0.05, 0) is 43.3 Å². The Morgan fingerprint density at radius 3 is 2.95 bits per heavy atom. The van der Waals surface area contributed by atoms with Crippen LogP contribution in [-0.4, -0.2) is 29.0 Å². The van der Waals surface area contributed by atoms with E-state index < -0.39 is 0 Å². The second kappa shape index (κ2) is 5.81. The second-order valence-electron chi connectivity index (χ2n) is 4.84. The highest BCUT2D eigenvalue weighted by Crippen LogP contribution is 2.48. The SMILES string of the molecule is CCOC(=O)c1snc(-c2cnccc2OC)c1C1CC1. The first-order chi connectivity index (χ1) is 10.3. The van der Waals surface area contributed by atoms with E-state index >= 15 is 0 Å². The molecule has 3 rings (SSSR count). The molecule has 0 unspecified atom stereocenters. The Kier molecular flexibility index (Phi) is 3.88. The van der Waals surface area contributed by atoms with Crippen LogP contribution in [0.15, 0.2) is 18.5 Å². The van der Waals surface area contributed by atoms with Crippen molar-refractivity contribution in [2.45, 2.75) is 25.7 Å². The fraction of sp³-hybridized carbons (Fsp3) is 0.400. The van der Waals surface area contributed by atoms with Crippen molar-refractivity contribution in [3.05, 3.63) is 28.9 Å². The van der Waals surface area contributed by atoms with Crippen molar-refractivity contribution < 1.29 is 14.3 Å². The van der Waals surface area contributed by atoms with Crippen molar-refractivity contribution in [2.75, 3.05) is 13.7 Å². The summed E-state index contributed by atoms with van der Waals surface area (Å²) in [6, 6.07) is 1.80. The molecule has 0 spiro atoms. The van der Waals surface area contributed by atoms with E-state index in [9.17, 15) is 4.79 Å². The zero-order valence-corrected chi connectivity index (χ0v) is 12.8. The first-order valence-electron chi connectivity index (χ1n) is 6.91. The summed E-state index contributed by atoms with van der Waals surface area (Å²) in [5, 5.41) is 0. The third-order valence-electron chi connectivity index (χ3n) is 3.43. The Labute approximate surface area is 127 Å². The maximum atomic E-state index is 12.1. The minimum Gasteiger partial charge on any atom is -0.496 e. The molecule has 1 aliphatic carbocycles. The first kappa shape index (κ1) is 14.0. The third-order valence-corrected chi connectivity index (χ3v) is 4.27. The van der Waals surface area contributed by atoms with Gasteiger partial charge in [0.15, 0.2) is 0 Å². The number of aromatic nitrogens is 2. The molecule has 0 saturated heterocycles. The van der Waals surface area contributed by atoms with Crippen LogP contribution in [0, 0.1) is 0 Å². The fourth-order valence-electron chi connectivity index (χ4n) is 2.32. The molecule has 0 amide bonds. The normalized spacial score (nSPS) is 14.0. The van der Waals surface area contributed by atoms with Crippen LogP contribution in [-0.2, 0) is 4.74 Å². The summed E-state index contributed by atoms with van der Waals surface area (Å²) in [6.07, 6.45) is 5.58. The van der Waals surface area contributed by atoms with Gasteiger partial charge in [0.05, 0.1) is 25.0 Å². The fourth-order valence-corrected chi connectivity index (χ4v) is 3.20. The molecule has 5 nitrogen and oxygen atoms in total. The van der Waals surface area contributed by atoms with Gasteiger partial charge >= 0.3 is 5.97 Å². The number of rotatable bonds is 5. The van der Waals surface area contributed by atoms with Crippen LogP contribution in [0.4, 0.5) is 0 Å². The molecule has 0 radical (unpaired) electrons. The molecular weight excluding hydrogens is 288 g/mol. The molecule has 6 heteroatoms. The van der Waals surface area contributed by atoms with Gasteiger partial charge in [0, 0.05) is 18.0 Å². The minimum atomic E-state index is -0.286. The van der Waals surface area contributed by atoms with E-state index in [4.69, 9.17) is 9.47 Å². The average Bonchev–Trinajstić information content (AvgIpc) is 3.25. The molecule has 1 aliphatic rings. The van der Waals surface area contributed by atoms with Crippen LogP contribution < -0.4 is 4.74 Å². The molecule has 0 atom stereocenters. The van der Waals surface area contributed by atoms with Gasteiger partial charge < -0.3 is 9.47 Å². The lowest BCUT2D eigenvalue weighted by Crippen LogP contribution is -2.05. The monoisotopic (exact) mass is 304 g/mol. The summed E-state index contributed by atoms with van der Waals surface area (Å²) in [6.45, 7) is 2.17. The number of hydrogen-bond acceptors (Lipinski definition) is 6. The molecule has 0 N–H and O–H groups in total. The first-order valence-corrected chi connectivity index (χ1v) is 7.68. The quantitative estimate of drug-likeness (QED) is 0.793. The minimum absolute atomic E-state index is 0.286. The van der Waals surface area contributed by atoms with E-state index in [1.54, 1.807) is 32.5 Å². The highest BCUT2D eigenvalue weighted by Gasteiger charge is 2.35. The Bertz CT molecular complexity index is 665. The van der Waals surface area contributed by atoms with Crippen molar-refractivity contribution in [3.63, 3.8) is 0 Å². The number of carbonyl (C=O) groups is 1. The van der Waals surface area contributed by atoms with Crippen molar-refractivity contribution in [1.82, 2.24) is 9.36 Å². The zero-order valence-electron chi connectivity index (χ0n) is 12.0. The number of nitrogens with zero attached hydrogens (tertiary/aromatic N) is 2. The van der Waals surface area contributed by atoms with Crippen molar-refractivity contribution >= 4 is 17.5 Å². The molecule has 0 aromatic carbocycles. The van der Waals surface area contributed by atoms with Gasteiger partial charge in [-0.3, -0.25) is 4.98 Å². The van der Waals surface area contributed by atoms with Crippen LogP contribution in [0.3, 0.4) is 0 Å². The highest BCUT2D eigenvalue weighted by molar-refractivity contribution is 7.08. The summed E-state index contributed by atoms with van der Waals surface area (Å²) in [5.74, 6) is 0.821. The number of pyridine rings is 1. The number of carbonyl (C=O) groups excluding carboxylic acids is 1. The number of ether oxygens (including phenoxy) is 2. The van der Waals surface area contributed by atoms with E-state index in [2.05, 4.69) is 9.36 Å². The molecule has 0 aliphatic heterocycles. The predicted octanol–water partition coefficient (Wildman–Crippen LogP) is 3.27. The van der Waals surface area contributed by atoms with E-state index in [-0.39, 0.29) is 5.97 Å². The largest absolute Gasteiger partial charge is 0.496 e. The lowest BCUT2D eigenvalue weighted by molar-refractivity contribution is 0.0531. The number of methoxy groups -OCH3 is 1. The zero-order chi connectivity index (χ0) is 14.8. The predicted molar refractivity (Wildman–Crippen MR) is 79.8 cm³/mol. The summed E-state index contributed by atoms with van der Waals surface area (Å²) in [4.78, 5) is 16.9. The standard InChI is InChI=1S/C15H16N2O3S/c1-3-20-15(18)14-12(9-4-5-9)13(17-21-14)10-8-16-7-6-11(10)19-2/h6-9H,3-5H2,1-2H3. The maximum Gasteiger partial charge on any atom is 0.350 e. The summed E-state index contributed by atoms with van der Waals surface area (Å²) >= 11 is 1.20. The summed E-state index contributed by atoms with van der Waals surface area (Å²) < 4.78 is 15.0. The van der Waals surface area contributed by atoms with Crippen molar-refractivity contribution in [3.8, 4) is 17.0 Å². The average molecular weight is 304 g/mol. The Hall–Kier alpha value is -1.95. The maximum absolute atomic E-state index is 12.1. The van der Waals surface area contributed by atoms with Gasteiger partial charge in [-0.15, -0.1) is 0 Å². The van der Waals surface area contributed by atoms with E-state index in [1.165, 1.54) is 11.5 Å². The Balaban J connectivity index is 2.09. The molecule has 1 fully saturated rings. The summed E-state index contributed by atoms with van der Waals surface area (Å²) in [5.41, 5.74) is 2.62. The topological polar surface area (TPSA) is 61.3 Å². The molecule has 21 heavy (non-hydrogen) atoms. The van der Waals surface area contributed by atoms with E-state index in [0.29, 0.717) is 23.2 Å². The second-order valence-corrected chi connectivity index (χ2v) is 5.62. The van der Waals surface area contributed by atoms with Gasteiger partial charge in [-0.1, -0.05) is 0 Å². The van der Waals surface area contributed by atoms with Gasteiger partial charge in [-0.25, -0.2) is 4.79 Å². The lowest BCUT2D eigenvalue weighted by Gasteiger charge is -2.08. The van der Waals surface area contributed by atoms with Crippen molar-refractivity contribution in [1.29, 1.82) is 0 Å². The lowest BCUT2D eigenvalue weighted by atomic mass is 10.0. The van der Waals surface area contributed by atoms with Crippen molar-refractivity contribution in [2.24, 2.45) is 0 Å². The smallest absolute Gasteiger partial charge is 0.350 e. The van der Waals surface area contributed by atoms with Gasteiger partial charge in [0.1, 0.15) is 10.6 Å². The van der Waals surface area contributed by atoms with E-state index in [1.807, 2.05) is 0 Å². The summed E-state index contributed by atoms with van der Waals surface area (Å²) in [7, 11) is 1.62. The number of esters is 1. The molecule has 0 bridgehead atoms. The Morgan fingerprint density at radius 1 is 1.48 bits per heavy atom. The molecule has 2 aromatic heterocycles. The van der Waals surface area contributed by atoms with Gasteiger partial charge in [0.25, 0.3) is 0 Å². The van der Waals surface area contributed by atoms with Crippen LogP contribution in [0.1, 0.15) is 40.9 Å². The van der Waals surface area contributed by atoms with Crippen LogP contribution >= 0.6 is 11.5 Å². The molecule has 1 saturated carbocycles. The number of hydrogen-bond donors (Lipinski definition) is 0. The van der Waals surface area contributed by atoms with Crippen LogP contribution in [0.2, 0.25) is 0 Å². The molecule has 2 heterocycles.